The first kappa shape index (κ1) is 10.8. The van der Waals surface area contributed by atoms with E-state index in [1.807, 2.05) is 0 Å². The summed E-state index contributed by atoms with van der Waals surface area (Å²) in [6.45, 7) is 0.799. The summed E-state index contributed by atoms with van der Waals surface area (Å²) in [5, 5.41) is 2.93. The molecule has 1 saturated carbocycles. The number of hydrogen-bond donors (Lipinski definition) is 1. The molecule has 1 aliphatic carbocycles. The molecule has 0 radical (unpaired) electrons. The second-order valence-electron chi connectivity index (χ2n) is 3.30. The van der Waals surface area contributed by atoms with Crippen LogP contribution in [0.4, 0.5) is 13.2 Å². The lowest BCUT2D eigenvalue weighted by Gasteiger charge is -2.25. The lowest BCUT2D eigenvalue weighted by atomic mass is 9.85. The van der Waals surface area contributed by atoms with Crippen LogP contribution in [0.3, 0.4) is 0 Å². The molecule has 0 unspecified atom stereocenters. The molecule has 2 nitrogen and oxygen atoms in total. The number of halogens is 3. The molecule has 1 N–H and O–H groups in total. The minimum absolute atomic E-state index is 0.274. The Kier molecular flexibility index (Phi) is 3.99. The van der Waals surface area contributed by atoms with Gasteiger partial charge in [0.2, 0.25) is 0 Å². The molecule has 0 bridgehead atoms. The zero-order valence-electron chi connectivity index (χ0n) is 7.36. The fraction of sp³-hybridized carbons (Fsp3) is 1.00. The average molecular weight is 197 g/mol. The van der Waals surface area contributed by atoms with E-state index in [0.717, 1.165) is 6.54 Å². The van der Waals surface area contributed by atoms with Crippen molar-refractivity contribution in [1.82, 2.24) is 5.32 Å². The smallest absolute Gasteiger partial charge is 0.314 e. The van der Waals surface area contributed by atoms with E-state index >= 15 is 0 Å². The monoisotopic (exact) mass is 197 g/mol. The van der Waals surface area contributed by atoms with Crippen LogP contribution in [0, 0.1) is 5.92 Å². The van der Waals surface area contributed by atoms with Gasteiger partial charge in [-0.15, -0.1) is 13.2 Å². The third kappa shape index (κ3) is 5.10. The van der Waals surface area contributed by atoms with Gasteiger partial charge < -0.3 is 5.32 Å². The van der Waals surface area contributed by atoms with Crippen LogP contribution in [0.1, 0.15) is 19.3 Å². The van der Waals surface area contributed by atoms with Gasteiger partial charge in [0, 0.05) is 6.54 Å². The van der Waals surface area contributed by atoms with Gasteiger partial charge in [-0.1, -0.05) is 6.42 Å². The van der Waals surface area contributed by atoms with Crippen LogP contribution in [0.25, 0.3) is 0 Å². The zero-order chi connectivity index (χ0) is 9.73. The van der Waals surface area contributed by atoms with Gasteiger partial charge in [0.05, 0.1) is 6.61 Å². The summed E-state index contributed by atoms with van der Waals surface area (Å²) in [6, 6.07) is 0. The van der Waals surface area contributed by atoms with Gasteiger partial charge in [-0.05, 0) is 25.3 Å². The van der Waals surface area contributed by atoms with Crippen molar-refractivity contribution in [3.05, 3.63) is 0 Å². The summed E-state index contributed by atoms with van der Waals surface area (Å²) < 4.78 is 38.0. The average Bonchev–Trinajstić information content (AvgIpc) is 1.90. The highest BCUT2D eigenvalue weighted by Crippen LogP contribution is 2.25. The summed E-state index contributed by atoms with van der Waals surface area (Å²) in [5.41, 5.74) is 0. The molecular weight excluding hydrogens is 183 g/mol. The van der Waals surface area contributed by atoms with Crippen LogP contribution in [0.5, 0.6) is 0 Å². The number of nitrogens with one attached hydrogen (secondary N) is 1. The zero-order valence-corrected chi connectivity index (χ0v) is 7.36. The topological polar surface area (TPSA) is 21.3 Å². The quantitative estimate of drug-likeness (QED) is 0.680. The fourth-order valence-electron chi connectivity index (χ4n) is 1.24. The van der Waals surface area contributed by atoms with Gasteiger partial charge in [-0.2, -0.15) is 0 Å². The van der Waals surface area contributed by atoms with Crippen molar-refractivity contribution >= 4 is 0 Å². The maximum Gasteiger partial charge on any atom is 0.522 e. The molecule has 0 atom stereocenters. The summed E-state index contributed by atoms with van der Waals surface area (Å²) >= 11 is 0. The second kappa shape index (κ2) is 4.81. The summed E-state index contributed by atoms with van der Waals surface area (Å²) in [4.78, 5) is 0. The van der Waals surface area contributed by atoms with Crippen LogP contribution >= 0.6 is 0 Å². The molecular formula is C8H14F3NO. The lowest BCUT2D eigenvalue weighted by molar-refractivity contribution is -0.323. The van der Waals surface area contributed by atoms with E-state index in [1.165, 1.54) is 19.3 Å². The standard InChI is InChI=1S/C8H14F3NO/c9-8(10,11)13-5-4-12-6-7-2-1-3-7/h7,12H,1-6H2. The Balaban J connectivity index is 1.83. The normalized spacial score (nSPS) is 18.7. The van der Waals surface area contributed by atoms with E-state index in [-0.39, 0.29) is 13.2 Å². The predicted octanol–water partition coefficient (Wildman–Crippen LogP) is 1.91. The highest BCUT2D eigenvalue weighted by Gasteiger charge is 2.28. The van der Waals surface area contributed by atoms with Crippen LogP contribution < -0.4 is 5.32 Å². The van der Waals surface area contributed by atoms with Gasteiger partial charge in [0.1, 0.15) is 0 Å². The molecule has 0 aromatic carbocycles. The maximum atomic E-state index is 11.5. The lowest BCUT2D eigenvalue weighted by Crippen LogP contribution is -2.31. The highest BCUT2D eigenvalue weighted by atomic mass is 19.4. The van der Waals surface area contributed by atoms with E-state index in [1.54, 1.807) is 0 Å². The molecule has 0 heterocycles. The van der Waals surface area contributed by atoms with Gasteiger partial charge in [-0.3, -0.25) is 4.74 Å². The summed E-state index contributed by atoms with van der Waals surface area (Å²) in [7, 11) is 0. The molecule has 0 aromatic heterocycles. The Morgan fingerprint density at radius 3 is 2.46 bits per heavy atom. The van der Waals surface area contributed by atoms with Crippen molar-refractivity contribution in [3.63, 3.8) is 0 Å². The molecule has 78 valence electrons. The Labute approximate surface area is 75.4 Å². The number of hydrogen-bond acceptors (Lipinski definition) is 2. The van der Waals surface area contributed by atoms with Gasteiger partial charge >= 0.3 is 6.36 Å². The first-order chi connectivity index (χ1) is 6.08. The van der Waals surface area contributed by atoms with Crippen molar-refractivity contribution < 1.29 is 17.9 Å². The Morgan fingerprint density at radius 1 is 1.31 bits per heavy atom. The van der Waals surface area contributed by atoms with Gasteiger partial charge in [0.25, 0.3) is 0 Å². The van der Waals surface area contributed by atoms with Crippen LogP contribution in [0.2, 0.25) is 0 Å². The van der Waals surface area contributed by atoms with Crippen molar-refractivity contribution in [2.75, 3.05) is 19.7 Å². The molecule has 0 saturated heterocycles. The van der Waals surface area contributed by atoms with E-state index in [0.29, 0.717) is 5.92 Å². The van der Waals surface area contributed by atoms with Crippen molar-refractivity contribution in [2.45, 2.75) is 25.6 Å². The molecule has 5 heteroatoms. The van der Waals surface area contributed by atoms with Gasteiger partial charge in [0.15, 0.2) is 0 Å². The molecule has 13 heavy (non-hydrogen) atoms. The minimum atomic E-state index is -4.49. The van der Waals surface area contributed by atoms with E-state index in [4.69, 9.17) is 0 Å². The Hall–Kier alpha value is -0.290. The molecule has 1 rings (SSSR count). The van der Waals surface area contributed by atoms with Crippen molar-refractivity contribution in [2.24, 2.45) is 5.92 Å². The first-order valence-electron chi connectivity index (χ1n) is 4.49. The molecule has 0 aliphatic heterocycles. The number of rotatable bonds is 5. The van der Waals surface area contributed by atoms with Gasteiger partial charge in [-0.25, -0.2) is 0 Å². The number of ether oxygens (including phenoxy) is 1. The van der Waals surface area contributed by atoms with Crippen LogP contribution in [-0.4, -0.2) is 26.1 Å². The highest BCUT2D eigenvalue weighted by molar-refractivity contribution is 4.71. The molecule has 1 fully saturated rings. The second-order valence-corrected chi connectivity index (χ2v) is 3.30. The number of alkyl halides is 3. The molecule has 0 amide bonds. The van der Waals surface area contributed by atoms with E-state index in [9.17, 15) is 13.2 Å². The molecule has 1 aliphatic rings. The Morgan fingerprint density at radius 2 is 2.00 bits per heavy atom. The third-order valence-corrected chi connectivity index (χ3v) is 2.20. The maximum absolute atomic E-state index is 11.5. The van der Waals surface area contributed by atoms with Crippen molar-refractivity contribution in [3.8, 4) is 0 Å². The third-order valence-electron chi connectivity index (χ3n) is 2.20. The van der Waals surface area contributed by atoms with E-state index < -0.39 is 6.36 Å². The fourth-order valence-corrected chi connectivity index (χ4v) is 1.24. The van der Waals surface area contributed by atoms with Crippen LogP contribution in [-0.2, 0) is 4.74 Å². The largest absolute Gasteiger partial charge is 0.522 e. The Bertz CT molecular complexity index is 145. The summed E-state index contributed by atoms with van der Waals surface area (Å²) in [6.07, 6.45) is -0.830. The first-order valence-corrected chi connectivity index (χ1v) is 4.49. The van der Waals surface area contributed by atoms with Crippen LogP contribution in [0.15, 0.2) is 0 Å². The SMILES string of the molecule is FC(F)(F)OCCNCC1CCC1. The summed E-state index contributed by atoms with van der Waals surface area (Å²) in [5.74, 6) is 0.672. The van der Waals surface area contributed by atoms with E-state index in [2.05, 4.69) is 10.1 Å². The molecule has 0 spiro atoms. The van der Waals surface area contributed by atoms with Crippen molar-refractivity contribution in [1.29, 1.82) is 0 Å². The molecule has 0 aromatic rings. The predicted molar refractivity (Wildman–Crippen MR) is 42.2 cm³/mol. The minimum Gasteiger partial charge on any atom is -0.314 e.